The van der Waals surface area contributed by atoms with Crippen molar-refractivity contribution in [3.05, 3.63) is 54.2 Å². The van der Waals surface area contributed by atoms with E-state index >= 15 is 0 Å². The highest BCUT2D eigenvalue weighted by molar-refractivity contribution is 7.89. The van der Waals surface area contributed by atoms with E-state index < -0.39 is 15.8 Å². The fourth-order valence-corrected chi connectivity index (χ4v) is 2.96. The fourth-order valence-electron chi connectivity index (χ4n) is 1.72. The minimum absolute atomic E-state index is 0.0418. The first kappa shape index (κ1) is 13.8. The summed E-state index contributed by atoms with van der Waals surface area (Å²) in [5.74, 6) is 0.233. The molecule has 1 aromatic heterocycles. The van der Waals surface area contributed by atoms with Gasteiger partial charge in [-0.25, -0.2) is 17.5 Å². The van der Waals surface area contributed by atoms with Crippen LogP contribution in [0.3, 0.4) is 0 Å². The maximum Gasteiger partial charge on any atom is 0.240 e. The maximum absolute atomic E-state index is 12.8. The van der Waals surface area contributed by atoms with Crippen LogP contribution >= 0.6 is 0 Å². The number of sulfonamides is 1. The van der Waals surface area contributed by atoms with E-state index in [9.17, 15) is 12.8 Å². The summed E-state index contributed by atoms with van der Waals surface area (Å²) in [6, 6.07) is 7.91. The highest BCUT2D eigenvalue weighted by atomic mass is 32.2. The summed E-state index contributed by atoms with van der Waals surface area (Å²) >= 11 is 0. The smallest absolute Gasteiger partial charge is 0.240 e. The van der Waals surface area contributed by atoms with Crippen molar-refractivity contribution >= 4 is 10.0 Å². The average Bonchev–Trinajstić information content (AvgIpc) is 2.81. The minimum atomic E-state index is -3.64. The maximum atomic E-state index is 12.8. The topological polar surface area (TPSA) is 59.3 Å². The summed E-state index contributed by atoms with van der Waals surface area (Å²) in [4.78, 5) is 0.0418. The van der Waals surface area contributed by atoms with Gasteiger partial charge in [0.1, 0.15) is 11.6 Å². The quantitative estimate of drug-likeness (QED) is 0.916. The second-order valence-electron chi connectivity index (χ2n) is 4.26. The van der Waals surface area contributed by atoms with Gasteiger partial charge in [-0.3, -0.25) is 0 Å². The zero-order valence-electron chi connectivity index (χ0n) is 10.3. The van der Waals surface area contributed by atoms with Crippen LogP contribution in [-0.2, 0) is 16.4 Å². The Morgan fingerprint density at radius 1 is 1.26 bits per heavy atom. The lowest BCUT2D eigenvalue weighted by Gasteiger charge is -2.13. The molecule has 0 saturated heterocycles. The van der Waals surface area contributed by atoms with Gasteiger partial charge in [-0.2, -0.15) is 0 Å². The molecule has 1 aromatic carbocycles. The molecule has 0 aliphatic carbocycles. The number of furan rings is 1. The normalized spacial score (nSPS) is 13.4. The van der Waals surface area contributed by atoms with Gasteiger partial charge in [0.05, 0.1) is 11.2 Å². The van der Waals surface area contributed by atoms with Gasteiger partial charge in [-0.1, -0.05) is 0 Å². The first-order valence-corrected chi connectivity index (χ1v) is 7.26. The summed E-state index contributed by atoms with van der Waals surface area (Å²) in [5.41, 5.74) is 0. The van der Waals surface area contributed by atoms with Gasteiger partial charge in [0.2, 0.25) is 10.0 Å². The van der Waals surface area contributed by atoms with E-state index in [1.165, 1.54) is 18.4 Å². The van der Waals surface area contributed by atoms with Crippen LogP contribution in [0.15, 0.2) is 52.0 Å². The van der Waals surface area contributed by atoms with Gasteiger partial charge in [-0.15, -0.1) is 0 Å². The third-order valence-corrected chi connectivity index (χ3v) is 4.17. The average molecular weight is 283 g/mol. The molecule has 1 atom stereocenters. The Hall–Kier alpha value is -1.66. The van der Waals surface area contributed by atoms with Crippen molar-refractivity contribution in [2.45, 2.75) is 24.3 Å². The first-order chi connectivity index (χ1) is 8.97. The minimum Gasteiger partial charge on any atom is -0.469 e. The molecule has 19 heavy (non-hydrogen) atoms. The number of benzene rings is 1. The summed E-state index contributed by atoms with van der Waals surface area (Å²) < 4.78 is 44.5. The van der Waals surface area contributed by atoms with Crippen molar-refractivity contribution in [3.63, 3.8) is 0 Å². The lowest BCUT2D eigenvalue weighted by atomic mass is 10.2. The van der Waals surface area contributed by atoms with Gasteiger partial charge in [0.25, 0.3) is 0 Å². The molecule has 4 nitrogen and oxygen atoms in total. The molecule has 1 N–H and O–H groups in total. The van der Waals surface area contributed by atoms with Crippen LogP contribution in [-0.4, -0.2) is 14.5 Å². The van der Waals surface area contributed by atoms with Gasteiger partial charge in [-0.05, 0) is 43.3 Å². The van der Waals surface area contributed by atoms with Crippen molar-refractivity contribution in [3.8, 4) is 0 Å². The molecule has 0 aliphatic rings. The Balaban J connectivity index is 2.06. The number of halogens is 1. The molecule has 102 valence electrons. The van der Waals surface area contributed by atoms with E-state index in [1.54, 1.807) is 19.1 Å². The Bertz CT molecular complexity index is 620. The van der Waals surface area contributed by atoms with Crippen LogP contribution in [0.2, 0.25) is 0 Å². The highest BCUT2D eigenvalue weighted by Gasteiger charge is 2.18. The van der Waals surface area contributed by atoms with E-state index in [2.05, 4.69) is 4.72 Å². The Kier molecular flexibility index (Phi) is 4.01. The third kappa shape index (κ3) is 3.65. The number of hydrogen-bond donors (Lipinski definition) is 1. The van der Waals surface area contributed by atoms with Gasteiger partial charge < -0.3 is 4.42 Å². The molecular weight excluding hydrogens is 269 g/mol. The second kappa shape index (κ2) is 5.54. The number of hydrogen-bond acceptors (Lipinski definition) is 3. The lowest BCUT2D eigenvalue weighted by Crippen LogP contribution is -2.34. The van der Waals surface area contributed by atoms with E-state index in [-0.39, 0.29) is 10.9 Å². The molecule has 0 fully saturated rings. The third-order valence-electron chi connectivity index (χ3n) is 2.57. The fraction of sp³-hybridized carbons (Fsp3) is 0.231. The zero-order chi connectivity index (χ0) is 13.9. The van der Waals surface area contributed by atoms with Crippen LogP contribution in [0.5, 0.6) is 0 Å². The van der Waals surface area contributed by atoms with Crippen LogP contribution < -0.4 is 4.72 Å². The summed E-state index contributed by atoms with van der Waals surface area (Å²) in [6.07, 6.45) is 1.99. The number of rotatable bonds is 5. The van der Waals surface area contributed by atoms with Crippen molar-refractivity contribution in [2.75, 3.05) is 0 Å². The molecule has 0 spiro atoms. The molecule has 2 aromatic rings. The van der Waals surface area contributed by atoms with Crippen molar-refractivity contribution in [1.29, 1.82) is 0 Å². The van der Waals surface area contributed by atoms with Gasteiger partial charge >= 0.3 is 0 Å². The molecule has 6 heteroatoms. The van der Waals surface area contributed by atoms with Gasteiger partial charge in [0.15, 0.2) is 0 Å². The predicted octanol–water partition coefficient (Wildman–Crippen LogP) is 2.33. The van der Waals surface area contributed by atoms with Crippen LogP contribution in [0.4, 0.5) is 4.39 Å². The van der Waals surface area contributed by atoms with Crippen LogP contribution in [0.25, 0.3) is 0 Å². The van der Waals surface area contributed by atoms with E-state index in [0.717, 1.165) is 12.1 Å². The highest BCUT2D eigenvalue weighted by Crippen LogP contribution is 2.11. The molecule has 1 heterocycles. The molecule has 0 bridgehead atoms. The van der Waals surface area contributed by atoms with Crippen molar-refractivity contribution in [1.82, 2.24) is 4.72 Å². The summed E-state index contributed by atoms with van der Waals surface area (Å²) in [6.45, 7) is 1.74. The Morgan fingerprint density at radius 3 is 2.53 bits per heavy atom. The Morgan fingerprint density at radius 2 is 1.95 bits per heavy atom. The van der Waals surface area contributed by atoms with E-state index in [4.69, 9.17) is 4.42 Å². The van der Waals surface area contributed by atoms with E-state index in [1.807, 2.05) is 0 Å². The van der Waals surface area contributed by atoms with Crippen molar-refractivity contribution < 1.29 is 17.2 Å². The SMILES string of the molecule is C[C@@H](Cc1ccco1)NS(=O)(=O)c1ccc(F)cc1. The number of nitrogens with one attached hydrogen (secondary N) is 1. The molecule has 0 saturated carbocycles. The molecule has 0 unspecified atom stereocenters. The van der Waals surface area contributed by atoms with Gasteiger partial charge in [0, 0.05) is 12.5 Å². The first-order valence-electron chi connectivity index (χ1n) is 5.77. The summed E-state index contributed by atoms with van der Waals surface area (Å²) in [5, 5.41) is 0. The van der Waals surface area contributed by atoms with E-state index in [0.29, 0.717) is 12.2 Å². The second-order valence-corrected chi connectivity index (χ2v) is 5.97. The summed E-state index contributed by atoms with van der Waals surface area (Å²) in [7, 11) is -3.64. The van der Waals surface area contributed by atoms with Crippen LogP contribution in [0, 0.1) is 5.82 Å². The van der Waals surface area contributed by atoms with Crippen molar-refractivity contribution in [2.24, 2.45) is 0 Å². The molecule has 0 aliphatic heterocycles. The lowest BCUT2D eigenvalue weighted by molar-refractivity contribution is 0.479. The standard InChI is InChI=1S/C13H14FNO3S/c1-10(9-12-3-2-8-18-12)15-19(16,17)13-6-4-11(14)5-7-13/h2-8,10,15H,9H2,1H3/t10-/m0/s1. The largest absolute Gasteiger partial charge is 0.469 e. The predicted molar refractivity (Wildman–Crippen MR) is 68.6 cm³/mol. The Labute approximate surface area is 111 Å². The molecular formula is C13H14FNO3S. The molecule has 0 radical (unpaired) electrons. The monoisotopic (exact) mass is 283 g/mol. The van der Waals surface area contributed by atoms with Crippen LogP contribution in [0.1, 0.15) is 12.7 Å². The molecule has 0 amide bonds. The molecule has 2 rings (SSSR count). The zero-order valence-corrected chi connectivity index (χ0v) is 11.2.